The maximum absolute atomic E-state index is 5.34. The topological polar surface area (TPSA) is 21.3 Å². The van der Waals surface area contributed by atoms with Crippen LogP contribution >= 0.6 is 0 Å². The van der Waals surface area contributed by atoms with Crippen LogP contribution in [-0.4, -0.2) is 25.8 Å². The molecule has 2 heteroatoms. The van der Waals surface area contributed by atoms with Gasteiger partial charge in [0.1, 0.15) is 0 Å². The van der Waals surface area contributed by atoms with Crippen LogP contribution in [0.5, 0.6) is 0 Å². The first kappa shape index (κ1) is 8.02. The molecule has 0 aromatic rings. The smallest absolute Gasteiger partial charge is 0.0622 e. The predicted octanol–water partition coefficient (Wildman–Crippen LogP) is 1.02. The first-order chi connectivity index (χ1) is 4.84. The summed E-state index contributed by atoms with van der Waals surface area (Å²) in [4.78, 5) is 0. The third-order valence-electron chi connectivity index (χ3n) is 2.28. The largest absolute Gasteiger partial charge is 0.379 e. The summed E-state index contributed by atoms with van der Waals surface area (Å²) in [5, 5.41) is 3.44. The molecule has 2 atom stereocenters. The minimum Gasteiger partial charge on any atom is -0.379 e. The molecule has 60 valence electrons. The molecule has 1 aliphatic rings. The van der Waals surface area contributed by atoms with Gasteiger partial charge >= 0.3 is 0 Å². The number of hydrogen-bond donors (Lipinski definition) is 1. The number of rotatable bonds is 2. The lowest BCUT2D eigenvalue weighted by Crippen LogP contribution is -2.45. The second kappa shape index (κ2) is 3.94. The minimum absolute atomic E-state index is 0.596. The van der Waals surface area contributed by atoms with Gasteiger partial charge in [-0.25, -0.2) is 0 Å². The molecule has 0 radical (unpaired) electrons. The molecule has 0 bridgehead atoms. The van der Waals surface area contributed by atoms with Gasteiger partial charge in [-0.05, 0) is 5.92 Å². The number of morpholine rings is 1. The van der Waals surface area contributed by atoms with E-state index in [0.717, 1.165) is 25.7 Å². The zero-order valence-corrected chi connectivity index (χ0v) is 6.89. The van der Waals surface area contributed by atoms with Gasteiger partial charge in [0.15, 0.2) is 0 Å². The van der Waals surface area contributed by atoms with Gasteiger partial charge in [-0.15, -0.1) is 0 Å². The fourth-order valence-corrected chi connectivity index (χ4v) is 1.24. The molecule has 2 nitrogen and oxygen atoms in total. The van der Waals surface area contributed by atoms with Crippen LogP contribution in [0.1, 0.15) is 20.3 Å². The lowest BCUT2D eigenvalue weighted by atomic mass is 9.99. The lowest BCUT2D eigenvalue weighted by Gasteiger charge is -2.28. The Labute approximate surface area is 63.0 Å². The van der Waals surface area contributed by atoms with E-state index in [-0.39, 0.29) is 0 Å². The summed E-state index contributed by atoms with van der Waals surface area (Å²) >= 11 is 0. The molecule has 0 aliphatic carbocycles. The highest BCUT2D eigenvalue weighted by Crippen LogP contribution is 2.09. The van der Waals surface area contributed by atoms with E-state index < -0.39 is 0 Å². The molecule has 0 aromatic heterocycles. The maximum atomic E-state index is 5.34. The second-order valence-corrected chi connectivity index (χ2v) is 3.02. The molecule has 1 fully saturated rings. The average Bonchev–Trinajstić information content (AvgIpc) is 2.05. The Bertz CT molecular complexity index is 89.3. The van der Waals surface area contributed by atoms with Gasteiger partial charge in [0.05, 0.1) is 13.2 Å². The number of nitrogens with one attached hydrogen (secondary N) is 1. The van der Waals surface area contributed by atoms with Crippen molar-refractivity contribution in [1.29, 1.82) is 0 Å². The van der Waals surface area contributed by atoms with Gasteiger partial charge in [0, 0.05) is 12.6 Å². The van der Waals surface area contributed by atoms with E-state index in [0.29, 0.717) is 6.04 Å². The molecule has 1 rings (SSSR count). The number of ether oxygens (including phenoxy) is 1. The molecule has 1 saturated heterocycles. The zero-order chi connectivity index (χ0) is 7.40. The number of hydrogen-bond acceptors (Lipinski definition) is 2. The van der Waals surface area contributed by atoms with E-state index in [1.54, 1.807) is 0 Å². The summed E-state index contributed by atoms with van der Waals surface area (Å²) in [5.74, 6) is 0.750. The Morgan fingerprint density at radius 3 is 3.00 bits per heavy atom. The van der Waals surface area contributed by atoms with Crippen LogP contribution in [0.25, 0.3) is 0 Å². The summed E-state index contributed by atoms with van der Waals surface area (Å²) in [6.07, 6.45) is 1.24. The summed E-state index contributed by atoms with van der Waals surface area (Å²) in [6.45, 7) is 7.30. The van der Waals surface area contributed by atoms with E-state index in [9.17, 15) is 0 Å². The molecule has 0 aromatic carbocycles. The fraction of sp³-hybridized carbons (Fsp3) is 1.00. The Morgan fingerprint density at radius 2 is 2.50 bits per heavy atom. The van der Waals surface area contributed by atoms with Gasteiger partial charge in [-0.1, -0.05) is 20.3 Å². The highest BCUT2D eigenvalue weighted by molar-refractivity contribution is 4.74. The highest BCUT2D eigenvalue weighted by atomic mass is 16.5. The van der Waals surface area contributed by atoms with Gasteiger partial charge in [-0.2, -0.15) is 0 Å². The fourth-order valence-electron chi connectivity index (χ4n) is 1.24. The first-order valence-electron chi connectivity index (χ1n) is 4.15. The molecule has 0 spiro atoms. The monoisotopic (exact) mass is 143 g/mol. The molecule has 10 heavy (non-hydrogen) atoms. The first-order valence-corrected chi connectivity index (χ1v) is 4.15. The Morgan fingerprint density at radius 1 is 1.70 bits per heavy atom. The van der Waals surface area contributed by atoms with Crippen LogP contribution in [0.2, 0.25) is 0 Å². The SMILES string of the molecule is CC[C@H](C)[C@H]1COCCN1. The average molecular weight is 143 g/mol. The third kappa shape index (κ3) is 1.96. The standard InChI is InChI=1S/C8H17NO/c1-3-7(2)8-6-10-5-4-9-8/h7-9H,3-6H2,1-2H3/t7-,8+/m0/s1. The predicted molar refractivity (Wildman–Crippen MR) is 42.1 cm³/mol. The molecule has 0 amide bonds. The van der Waals surface area contributed by atoms with E-state index in [4.69, 9.17) is 4.74 Å². The van der Waals surface area contributed by atoms with E-state index >= 15 is 0 Å². The maximum Gasteiger partial charge on any atom is 0.0622 e. The van der Waals surface area contributed by atoms with Crippen molar-refractivity contribution in [3.8, 4) is 0 Å². The van der Waals surface area contributed by atoms with E-state index in [2.05, 4.69) is 19.2 Å². The molecular formula is C8H17NO. The van der Waals surface area contributed by atoms with Crippen LogP contribution in [0, 0.1) is 5.92 Å². The van der Waals surface area contributed by atoms with Crippen LogP contribution < -0.4 is 5.32 Å². The molecule has 0 unspecified atom stereocenters. The molecule has 0 saturated carbocycles. The molecular weight excluding hydrogens is 126 g/mol. The van der Waals surface area contributed by atoms with Crippen molar-refractivity contribution in [2.75, 3.05) is 19.8 Å². The minimum atomic E-state index is 0.596. The Balaban J connectivity index is 2.24. The lowest BCUT2D eigenvalue weighted by molar-refractivity contribution is 0.0588. The van der Waals surface area contributed by atoms with Crippen molar-refractivity contribution in [2.24, 2.45) is 5.92 Å². The van der Waals surface area contributed by atoms with Crippen molar-refractivity contribution >= 4 is 0 Å². The zero-order valence-electron chi connectivity index (χ0n) is 6.89. The highest BCUT2D eigenvalue weighted by Gasteiger charge is 2.17. The normalized spacial score (nSPS) is 30.0. The van der Waals surface area contributed by atoms with Gasteiger partial charge < -0.3 is 10.1 Å². The van der Waals surface area contributed by atoms with Crippen LogP contribution in [0.4, 0.5) is 0 Å². The third-order valence-corrected chi connectivity index (χ3v) is 2.28. The van der Waals surface area contributed by atoms with Crippen molar-refractivity contribution < 1.29 is 4.74 Å². The Hall–Kier alpha value is -0.0800. The summed E-state index contributed by atoms with van der Waals surface area (Å²) in [6, 6.07) is 0.596. The molecule has 1 aliphatic heterocycles. The van der Waals surface area contributed by atoms with Crippen LogP contribution in [0.15, 0.2) is 0 Å². The molecule has 1 N–H and O–H groups in total. The van der Waals surface area contributed by atoms with Crippen molar-refractivity contribution in [2.45, 2.75) is 26.3 Å². The Kier molecular flexibility index (Phi) is 3.16. The summed E-state index contributed by atoms with van der Waals surface area (Å²) < 4.78 is 5.34. The van der Waals surface area contributed by atoms with E-state index in [1.807, 2.05) is 0 Å². The molecule has 1 heterocycles. The summed E-state index contributed by atoms with van der Waals surface area (Å²) in [5.41, 5.74) is 0. The van der Waals surface area contributed by atoms with Crippen LogP contribution in [-0.2, 0) is 4.74 Å². The second-order valence-electron chi connectivity index (χ2n) is 3.02. The van der Waals surface area contributed by atoms with Crippen molar-refractivity contribution in [3.63, 3.8) is 0 Å². The van der Waals surface area contributed by atoms with Gasteiger partial charge in [0.25, 0.3) is 0 Å². The summed E-state index contributed by atoms with van der Waals surface area (Å²) in [7, 11) is 0. The van der Waals surface area contributed by atoms with Gasteiger partial charge in [-0.3, -0.25) is 0 Å². The van der Waals surface area contributed by atoms with Crippen molar-refractivity contribution in [3.05, 3.63) is 0 Å². The van der Waals surface area contributed by atoms with Crippen LogP contribution in [0.3, 0.4) is 0 Å². The quantitative estimate of drug-likeness (QED) is 0.623. The van der Waals surface area contributed by atoms with Crippen molar-refractivity contribution in [1.82, 2.24) is 5.32 Å². The van der Waals surface area contributed by atoms with Gasteiger partial charge in [0.2, 0.25) is 0 Å². The van der Waals surface area contributed by atoms with E-state index in [1.165, 1.54) is 6.42 Å².